The third-order valence-electron chi connectivity index (χ3n) is 4.72. The topological polar surface area (TPSA) is 54.6 Å². The number of halogens is 2. The van der Waals surface area contributed by atoms with Crippen LogP contribution >= 0.6 is 23.2 Å². The number of amides is 1. The summed E-state index contributed by atoms with van der Waals surface area (Å²) in [6, 6.07) is 20.1. The summed E-state index contributed by atoms with van der Waals surface area (Å²) in [5.74, 6) is -0.336. The average Bonchev–Trinajstić information content (AvgIpc) is 3.13. The molecule has 30 heavy (non-hydrogen) atoms. The number of hydrazone groups is 1. The second-order valence-electron chi connectivity index (χ2n) is 6.95. The van der Waals surface area contributed by atoms with E-state index in [1.54, 1.807) is 42.7 Å². The van der Waals surface area contributed by atoms with Crippen molar-refractivity contribution in [3.8, 4) is 0 Å². The first-order valence-corrected chi connectivity index (χ1v) is 10.1. The van der Waals surface area contributed by atoms with E-state index in [2.05, 4.69) is 16.6 Å². The van der Waals surface area contributed by atoms with E-state index < -0.39 is 0 Å². The molecule has 6 heteroatoms. The lowest BCUT2D eigenvalue weighted by atomic mass is 10.0. The lowest BCUT2D eigenvalue weighted by molar-refractivity contribution is 0.0955. The number of carbonyl (C=O) groups excluding carboxylic acids is 1. The molecular formula is C24H18Cl2N2O2. The quantitative estimate of drug-likeness (QED) is 0.289. The summed E-state index contributed by atoms with van der Waals surface area (Å²) < 4.78 is 5.69. The Labute approximate surface area is 184 Å². The van der Waals surface area contributed by atoms with Crippen LogP contribution in [0.1, 0.15) is 27.0 Å². The van der Waals surface area contributed by atoms with Gasteiger partial charge in [-0.2, -0.15) is 5.10 Å². The number of furan rings is 1. The van der Waals surface area contributed by atoms with Gasteiger partial charge in [0.15, 0.2) is 0 Å². The Kier molecular flexibility index (Phi) is 5.88. The van der Waals surface area contributed by atoms with E-state index >= 15 is 0 Å². The van der Waals surface area contributed by atoms with Crippen LogP contribution in [-0.2, 0) is 6.42 Å². The molecule has 0 radical (unpaired) electrons. The van der Waals surface area contributed by atoms with Gasteiger partial charge in [0.05, 0.1) is 12.0 Å². The van der Waals surface area contributed by atoms with Crippen molar-refractivity contribution in [2.45, 2.75) is 13.3 Å². The van der Waals surface area contributed by atoms with Gasteiger partial charge in [-0.25, -0.2) is 5.43 Å². The average molecular weight is 437 g/mol. The number of fused-ring (bicyclic) bond motifs is 1. The Morgan fingerprint density at radius 1 is 0.967 bits per heavy atom. The smallest absolute Gasteiger partial charge is 0.271 e. The molecule has 1 N–H and O–H groups in total. The molecule has 0 bridgehead atoms. The van der Waals surface area contributed by atoms with Gasteiger partial charge in [-0.15, -0.1) is 0 Å². The number of hydrogen-bond acceptors (Lipinski definition) is 3. The Bertz CT molecular complexity index is 1240. The summed E-state index contributed by atoms with van der Waals surface area (Å²) in [7, 11) is 0. The molecule has 0 saturated heterocycles. The highest BCUT2D eigenvalue weighted by Crippen LogP contribution is 2.24. The van der Waals surface area contributed by atoms with E-state index in [1.165, 1.54) is 0 Å². The fourth-order valence-corrected chi connectivity index (χ4v) is 3.49. The predicted octanol–water partition coefficient (Wildman–Crippen LogP) is 6.42. The molecule has 0 atom stereocenters. The molecule has 0 aliphatic rings. The van der Waals surface area contributed by atoms with Crippen molar-refractivity contribution >= 4 is 45.8 Å². The molecule has 0 spiro atoms. The molecule has 0 saturated carbocycles. The zero-order chi connectivity index (χ0) is 21.1. The second-order valence-corrected chi connectivity index (χ2v) is 7.83. The van der Waals surface area contributed by atoms with Crippen LogP contribution in [0, 0.1) is 6.92 Å². The van der Waals surface area contributed by atoms with Gasteiger partial charge >= 0.3 is 0 Å². The number of nitrogens with one attached hydrogen (secondary N) is 1. The van der Waals surface area contributed by atoms with E-state index in [-0.39, 0.29) is 5.91 Å². The fourth-order valence-electron chi connectivity index (χ4n) is 3.17. The van der Waals surface area contributed by atoms with Gasteiger partial charge in [0.1, 0.15) is 5.58 Å². The molecule has 0 aliphatic heterocycles. The lowest BCUT2D eigenvalue weighted by Crippen LogP contribution is -2.21. The molecule has 0 fully saturated rings. The highest BCUT2D eigenvalue weighted by molar-refractivity contribution is 6.31. The van der Waals surface area contributed by atoms with Crippen molar-refractivity contribution in [2.24, 2.45) is 5.10 Å². The van der Waals surface area contributed by atoms with Crippen molar-refractivity contribution in [3.05, 3.63) is 105 Å². The van der Waals surface area contributed by atoms with Gasteiger partial charge in [0.2, 0.25) is 0 Å². The van der Waals surface area contributed by atoms with Crippen LogP contribution in [-0.4, -0.2) is 11.6 Å². The van der Waals surface area contributed by atoms with E-state index in [0.717, 1.165) is 27.7 Å². The predicted molar refractivity (Wildman–Crippen MR) is 122 cm³/mol. The van der Waals surface area contributed by atoms with Crippen molar-refractivity contribution in [1.82, 2.24) is 5.43 Å². The largest absolute Gasteiger partial charge is 0.464 e. The summed E-state index contributed by atoms with van der Waals surface area (Å²) in [5, 5.41) is 6.57. The second kappa shape index (κ2) is 8.74. The summed E-state index contributed by atoms with van der Waals surface area (Å²) >= 11 is 12.0. The van der Waals surface area contributed by atoms with Crippen LogP contribution in [0.2, 0.25) is 10.0 Å². The Hall–Kier alpha value is -3.08. The van der Waals surface area contributed by atoms with Crippen molar-refractivity contribution in [3.63, 3.8) is 0 Å². The molecule has 1 amide bonds. The Balaban J connectivity index is 1.67. The maximum absolute atomic E-state index is 12.5. The number of hydrogen-bond donors (Lipinski definition) is 1. The van der Waals surface area contributed by atoms with Gasteiger partial charge < -0.3 is 4.42 Å². The highest BCUT2D eigenvalue weighted by atomic mass is 35.5. The van der Waals surface area contributed by atoms with Crippen LogP contribution in [0.5, 0.6) is 0 Å². The minimum absolute atomic E-state index is 0.336. The van der Waals surface area contributed by atoms with E-state index in [0.29, 0.717) is 27.7 Å². The standard InChI is InChI=1S/C24H18Cl2N2O2/c1-15-5-10-23-21(11-15)18(14-30-23)13-22(16-6-8-19(25)9-7-16)27-28-24(29)17-3-2-4-20(26)12-17/h2-12,14H,13H2,1H3,(H,28,29)/b27-22+. The molecule has 150 valence electrons. The molecule has 1 aromatic heterocycles. The number of rotatable bonds is 5. The normalized spacial score (nSPS) is 11.6. The lowest BCUT2D eigenvalue weighted by Gasteiger charge is -2.08. The monoisotopic (exact) mass is 436 g/mol. The van der Waals surface area contributed by atoms with E-state index in [9.17, 15) is 4.79 Å². The molecule has 3 aromatic carbocycles. The maximum atomic E-state index is 12.5. The van der Waals surface area contributed by atoms with Gasteiger partial charge in [-0.3, -0.25) is 4.79 Å². The summed E-state index contributed by atoms with van der Waals surface area (Å²) in [5.41, 5.74) is 7.56. The fraction of sp³-hybridized carbons (Fsp3) is 0.0833. The van der Waals surface area contributed by atoms with Gasteiger partial charge in [-0.05, 0) is 55.0 Å². The number of benzene rings is 3. The van der Waals surface area contributed by atoms with E-state index in [1.807, 2.05) is 31.2 Å². The third kappa shape index (κ3) is 4.56. The van der Waals surface area contributed by atoms with Gasteiger partial charge in [0, 0.05) is 33.0 Å². The minimum atomic E-state index is -0.336. The van der Waals surface area contributed by atoms with Gasteiger partial charge in [-0.1, -0.05) is 53.0 Å². The molecule has 0 unspecified atom stereocenters. The molecular weight excluding hydrogens is 419 g/mol. The van der Waals surface area contributed by atoms with Crippen LogP contribution in [0.3, 0.4) is 0 Å². The summed E-state index contributed by atoms with van der Waals surface area (Å²) in [6.07, 6.45) is 2.21. The zero-order valence-electron chi connectivity index (χ0n) is 16.2. The van der Waals surface area contributed by atoms with Crippen LogP contribution in [0.15, 0.2) is 82.5 Å². The SMILES string of the molecule is Cc1ccc2occ(C/C(=N\NC(=O)c3cccc(Cl)c3)c3ccc(Cl)cc3)c2c1. The molecule has 1 heterocycles. The molecule has 4 aromatic rings. The van der Waals surface area contributed by atoms with E-state index in [4.69, 9.17) is 27.6 Å². The number of nitrogens with zero attached hydrogens (tertiary/aromatic N) is 1. The maximum Gasteiger partial charge on any atom is 0.271 e. The minimum Gasteiger partial charge on any atom is -0.464 e. The number of aryl methyl sites for hydroxylation is 1. The first kappa shape index (κ1) is 20.2. The van der Waals surface area contributed by atoms with Crippen LogP contribution in [0.4, 0.5) is 0 Å². The van der Waals surface area contributed by atoms with Crippen LogP contribution < -0.4 is 5.43 Å². The summed E-state index contributed by atoms with van der Waals surface area (Å²) in [4.78, 5) is 12.5. The van der Waals surface area contributed by atoms with Crippen LogP contribution in [0.25, 0.3) is 11.0 Å². The number of carbonyl (C=O) groups is 1. The highest BCUT2D eigenvalue weighted by Gasteiger charge is 2.13. The summed E-state index contributed by atoms with van der Waals surface area (Å²) in [6.45, 7) is 2.04. The van der Waals surface area contributed by atoms with Crippen molar-refractivity contribution in [1.29, 1.82) is 0 Å². The first-order chi connectivity index (χ1) is 14.5. The molecule has 4 rings (SSSR count). The Morgan fingerprint density at radius 3 is 2.53 bits per heavy atom. The Morgan fingerprint density at radius 2 is 1.77 bits per heavy atom. The zero-order valence-corrected chi connectivity index (χ0v) is 17.7. The third-order valence-corrected chi connectivity index (χ3v) is 5.21. The first-order valence-electron chi connectivity index (χ1n) is 9.35. The van der Waals surface area contributed by atoms with Gasteiger partial charge in [0.25, 0.3) is 5.91 Å². The molecule has 4 nitrogen and oxygen atoms in total. The molecule has 0 aliphatic carbocycles. The van der Waals surface area contributed by atoms with Crippen molar-refractivity contribution in [2.75, 3.05) is 0 Å². The van der Waals surface area contributed by atoms with Crippen molar-refractivity contribution < 1.29 is 9.21 Å².